The van der Waals surface area contributed by atoms with E-state index in [4.69, 9.17) is 9.15 Å². The molecule has 6 nitrogen and oxygen atoms in total. The number of carbonyl (C=O) groups is 2. The molecular formula is C12H16N2O4. The van der Waals surface area contributed by atoms with Crippen molar-refractivity contribution < 1.29 is 18.7 Å². The summed E-state index contributed by atoms with van der Waals surface area (Å²) < 4.78 is 10.4. The Balaban J connectivity index is 1.78. The van der Waals surface area contributed by atoms with E-state index in [2.05, 4.69) is 10.6 Å². The predicted molar refractivity (Wildman–Crippen MR) is 62.6 cm³/mol. The van der Waals surface area contributed by atoms with Crippen molar-refractivity contribution in [2.45, 2.75) is 25.0 Å². The first-order valence-corrected chi connectivity index (χ1v) is 5.85. The van der Waals surface area contributed by atoms with Crippen LogP contribution in [0.3, 0.4) is 0 Å². The number of amides is 2. The molecule has 1 aromatic rings. The fourth-order valence-corrected chi connectivity index (χ4v) is 1.52. The highest BCUT2D eigenvalue weighted by atomic mass is 16.5. The highest BCUT2D eigenvalue weighted by Gasteiger charge is 2.26. The van der Waals surface area contributed by atoms with Gasteiger partial charge < -0.3 is 19.8 Å². The highest BCUT2D eigenvalue weighted by Crippen LogP contribution is 2.18. The van der Waals surface area contributed by atoms with Crippen molar-refractivity contribution in [1.82, 2.24) is 10.6 Å². The quantitative estimate of drug-likeness (QED) is 0.741. The molecule has 1 atom stereocenters. The molecule has 98 valence electrons. The SMILES string of the molecule is COC(CNC(=O)C(=O)NC1CC1)c1ccco1. The third kappa shape index (κ3) is 3.33. The molecule has 0 spiro atoms. The Morgan fingerprint density at radius 3 is 2.83 bits per heavy atom. The number of furan rings is 1. The van der Waals surface area contributed by atoms with Crippen LogP contribution < -0.4 is 10.6 Å². The smallest absolute Gasteiger partial charge is 0.309 e. The van der Waals surface area contributed by atoms with Gasteiger partial charge in [-0.1, -0.05) is 0 Å². The largest absolute Gasteiger partial charge is 0.467 e. The molecule has 0 saturated heterocycles. The number of ether oxygens (including phenoxy) is 1. The van der Waals surface area contributed by atoms with E-state index in [1.54, 1.807) is 12.1 Å². The number of hydrogen-bond donors (Lipinski definition) is 2. The van der Waals surface area contributed by atoms with Gasteiger partial charge in [-0.05, 0) is 25.0 Å². The molecule has 18 heavy (non-hydrogen) atoms. The molecule has 0 radical (unpaired) electrons. The average molecular weight is 252 g/mol. The lowest BCUT2D eigenvalue weighted by molar-refractivity contribution is -0.139. The lowest BCUT2D eigenvalue weighted by Crippen LogP contribution is -2.42. The van der Waals surface area contributed by atoms with Crippen LogP contribution in [0.2, 0.25) is 0 Å². The van der Waals surface area contributed by atoms with Crippen molar-refractivity contribution in [3.05, 3.63) is 24.2 Å². The van der Waals surface area contributed by atoms with Crippen LogP contribution in [0.4, 0.5) is 0 Å². The summed E-state index contributed by atoms with van der Waals surface area (Å²) in [7, 11) is 1.52. The third-order valence-corrected chi connectivity index (χ3v) is 2.71. The van der Waals surface area contributed by atoms with Crippen molar-refractivity contribution in [2.75, 3.05) is 13.7 Å². The van der Waals surface area contributed by atoms with Crippen LogP contribution in [-0.2, 0) is 14.3 Å². The number of nitrogens with one attached hydrogen (secondary N) is 2. The summed E-state index contributed by atoms with van der Waals surface area (Å²) in [5, 5.41) is 5.13. The van der Waals surface area contributed by atoms with Gasteiger partial charge in [-0.25, -0.2) is 0 Å². The minimum Gasteiger partial charge on any atom is -0.467 e. The number of hydrogen-bond acceptors (Lipinski definition) is 4. The summed E-state index contributed by atoms with van der Waals surface area (Å²) in [5.41, 5.74) is 0. The van der Waals surface area contributed by atoms with Gasteiger partial charge in [0, 0.05) is 13.2 Å². The van der Waals surface area contributed by atoms with E-state index in [0.717, 1.165) is 12.8 Å². The van der Waals surface area contributed by atoms with Gasteiger partial charge in [0.05, 0.1) is 12.8 Å². The first kappa shape index (κ1) is 12.6. The minimum absolute atomic E-state index is 0.173. The topological polar surface area (TPSA) is 80.6 Å². The van der Waals surface area contributed by atoms with Gasteiger partial charge in [0.2, 0.25) is 0 Å². The van der Waals surface area contributed by atoms with E-state index < -0.39 is 17.9 Å². The van der Waals surface area contributed by atoms with Gasteiger partial charge in [0.25, 0.3) is 0 Å². The summed E-state index contributed by atoms with van der Waals surface area (Å²) in [6, 6.07) is 3.67. The van der Waals surface area contributed by atoms with E-state index in [9.17, 15) is 9.59 Å². The zero-order chi connectivity index (χ0) is 13.0. The number of methoxy groups -OCH3 is 1. The molecular weight excluding hydrogens is 236 g/mol. The van der Waals surface area contributed by atoms with Gasteiger partial charge in [-0.3, -0.25) is 9.59 Å². The average Bonchev–Trinajstić information content (AvgIpc) is 3.02. The normalized spacial score (nSPS) is 16.1. The molecule has 1 saturated carbocycles. The molecule has 0 aliphatic heterocycles. The second-order valence-corrected chi connectivity index (χ2v) is 4.20. The first-order chi connectivity index (χ1) is 8.70. The molecule has 6 heteroatoms. The van der Waals surface area contributed by atoms with Crippen LogP contribution in [0, 0.1) is 0 Å². The van der Waals surface area contributed by atoms with Crippen LogP contribution in [0.1, 0.15) is 24.7 Å². The van der Waals surface area contributed by atoms with Crippen LogP contribution >= 0.6 is 0 Å². The Bertz CT molecular complexity index is 412. The molecule has 2 amide bonds. The Morgan fingerprint density at radius 2 is 2.28 bits per heavy atom. The third-order valence-electron chi connectivity index (χ3n) is 2.71. The molecule has 2 N–H and O–H groups in total. The van der Waals surface area contributed by atoms with Crippen molar-refractivity contribution in [1.29, 1.82) is 0 Å². The molecule has 1 aliphatic carbocycles. The van der Waals surface area contributed by atoms with E-state index in [1.165, 1.54) is 13.4 Å². The van der Waals surface area contributed by atoms with Gasteiger partial charge in [-0.15, -0.1) is 0 Å². The van der Waals surface area contributed by atoms with E-state index in [0.29, 0.717) is 5.76 Å². The Morgan fingerprint density at radius 1 is 1.50 bits per heavy atom. The molecule has 1 unspecified atom stereocenters. The second kappa shape index (κ2) is 5.68. The highest BCUT2D eigenvalue weighted by molar-refractivity contribution is 6.35. The van der Waals surface area contributed by atoms with Crippen molar-refractivity contribution >= 4 is 11.8 Å². The standard InChI is InChI=1S/C12H16N2O4/c1-17-10(9-3-2-6-18-9)7-13-11(15)12(16)14-8-4-5-8/h2-3,6,8,10H,4-5,7H2,1H3,(H,13,15)(H,14,16). The zero-order valence-electron chi connectivity index (χ0n) is 10.1. The zero-order valence-corrected chi connectivity index (χ0v) is 10.1. The molecule has 1 aromatic heterocycles. The molecule has 1 fully saturated rings. The molecule has 2 rings (SSSR count). The predicted octanol–water partition coefficient (Wildman–Crippen LogP) is 0.362. The van der Waals surface area contributed by atoms with E-state index in [-0.39, 0.29) is 12.6 Å². The fourth-order valence-electron chi connectivity index (χ4n) is 1.52. The van der Waals surface area contributed by atoms with Crippen LogP contribution in [-0.4, -0.2) is 31.5 Å². The number of carbonyl (C=O) groups excluding carboxylic acids is 2. The lowest BCUT2D eigenvalue weighted by atomic mass is 10.2. The monoisotopic (exact) mass is 252 g/mol. The minimum atomic E-state index is -0.643. The van der Waals surface area contributed by atoms with Crippen LogP contribution in [0.15, 0.2) is 22.8 Å². The summed E-state index contributed by atoms with van der Waals surface area (Å²) in [4.78, 5) is 22.9. The molecule has 1 heterocycles. The Hall–Kier alpha value is -1.82. The summed E-state index contributed by atoms with van der Waals surface area (Å²) >= 11 is 0. The first-order valence-electron chi connectivity index (χ1n) is 5.85. The maximum Gasteiger partial charge on any atom is 0.309 e. The van der Waals surface area contributed by atoms with E-state index >= 15 is 0 Å². The van der Waals surface area contributed by atoms with E-state index in [1.807, 2.05) is 0 Å². The summed E-state index contributed by atoms with van der Waals surface area (Å²) in [6.45, 7) is 0.195. The van der Waals surface area contributed by atoms with Crippen molar-refractivity contribution in [3.63, 3.8) is 0 Å². The van der Waals surface area contributed by atoms with Crippen molar-refractivity contribution in [2.24, 2.45) is 0 Å². The maximum atomic E-state index is 11.5. The maximum absolute atomic E-state index is 11.5. The number of rotatable bonds is 5. The van der Waals surface area contributed by atoms with Gasteiger partial charge in [-0.2, -0.15) is 0 Å². The fraction of sp³-hybridized carbons (Fsp3) is 0.500. The van der Waals surface area contributed by atoms with Gasteiger partial charge in [0.1, 0.15) is 11.9 Å². The Labute approximate surface area is 105 Å². The van der Waals surface area contributed by atoms with Gasteiger partial charge in [0.15, 0.2) is 0 Å². The van der Waals surface area contributed by atoms with Gasteiger partial charge >= 0.3 is 11.8 Å². The molecule has 0 aromatic carbocycles. The second-order valence-electron chi connectivity index (χ2n) is 4.20. The molecule has 0 bridgehead atoms. The molecule has 1 aliphatic rings. The summed E-state index contributed by atoms with van der Waals surface area (Å²) in [5.74, 6) is -0.622. The van der Waals surface area contributed by atoms with Crippen molar-refractivity contribution in [3.8, 4) is 0 Å². The Kier molecular flexibility index (Phi) is 3.99. The van der Waals surface area contributed by atoms with Crippen LogP contribution in [0.25, 0.3) is 0 Å². The lowest BCUT2D eigenvalue weighted by Gasteiger charge is -2.13. The van der Waals surface area contributed by atoms with Crippen LogP contribution in [0.5, 0.6) is 0 Å². The summed E-state index contributed by atoms with van der Waals surface area (Å²) in [6.07, 6.45) is 3.04.